The molecule has 2 aliphatic heterocycles. The van der Waals surface area contributed by atoms with Crippen molar-refractivity contribution in [3.63, 3.8) is 0 Å². The average Bonchev–Trinajstić information content (AvgIpc) is 3.26. The number of rotatable bonds is 5. The monoisotopic (exact) mass is 494 g/mol. The molecule has 2 aromatic carbocycles. The van der Waals surface area contributed by atoms with Crippen LogP contribution in [0.2, 0.25) is 0 Å². The van der Waals surface area contributed by atoms with Gasteiger partial charge in [0.15, 0.2) is 14.9 Å². The van der Waals surface area contributed by atoms with Crippen LogP contribution in [0.5, 0.6) is 5.75 Å². The standard InChI is InChI=1S/C25H26N4O5S/c1-34-20-12-10-19(11-13-20)29-23-21(24(26-29)35(2,32)33)14-16-28(25(23)31)18-8-6-17(7-9-18)27-15-4-3-5-22(27)30/h6-13H,3-5,14-16H2,1-2H3. The summed E-state index contributed by atoms with van der Waals surface area (Å²) in [5, 5.41) is 4.27. The molecule has 0 saturated carbocycles. The first kappa shape index (κ1) is 23.1. The van der Waals surface area contributed by atoms with Crippen molar-refractivity contribution >= 4 is 33.0 Å². The van der Waals surface area contributed by atoms with Crippen molar-refractivity contribution in [1.82, 2.24) is 9.78 Å². The number of sulfone groups is 1. The maximum absolute atomic E-state index is 13.7. The van der Waals surface area contributed by atoms with Crippen molar-refractivity contribution < 1.29 is 22.7 Å². The summed E-state index contributed by atoms with van der Waals surface area (Å²) in [7, 11) is -2.08. The second-order valence-electron chi connectivity index (χ2n) is 8.74. The molecule has 2 aliphatic rings. The molecule has 3 aromatic rings. The van der Waals surface area contributed by atoms with Gasteiger partial charge in [0.25, 0.3) is 5.91 Å². The van der Waals surface area contributed by atoms with Crippen LogP contribution in [0.25, 0.3) is 5.69 Å². The summed E-state index contributed by atoms with van der Waals surface area (Å²) in [4.78, 5) is 29.4. The highest BCUT2D eigenvalue weighted by atomic mass is 32.2. The largest absolute Gasteiger partial charge is 0.497 e. The zero-order valence-corrected chi connectivity index (χ0v) is 20.4. The first-order valence-electron chi connectivity index (χ1n) is 11.5. The Kier molecular flexibility index (Phi) is 5.84. The van der Waals surface area contributed by atoms with Crippen LogP contribution in [-0.2, 0) is 21.1 Å². The van der Waals surface area contributed by atoms with Crippen LogP contribution in [0.4, 0.5) is 11.4 Å². The van der Waals surface area contributed by atoms with Crippen LogP contribution < -0.4 is 14.5 Å². The molecular weight excluding hydrogens is 468 g/mol. The van der Waals surface area contributed by atoms with Gasteiger partial charge in [-0.25, -0.2) is 13.1 Å². The van der Waals surface area contributed by atoms with Gasteiger partial charge in [0.1, 0.15) is 11.4 Å². The quantitative estimate of drug-likeness (QED) is 0.540. The highest BCUT2D eigenvalue weighted by Crippen LogP contribution is 2.32. The molecule has 182 valence electrons. The molecule has 10 heteroatoms. The summed E-state index contributed by atoms with van der Waals surface area (Å²) in [6.07, 6.45) is 3.89. The lowest BCUT2D eigenvalue weighted by Crippen LogP contribution is -2.39. The number of amides is 2. The second-order valence-corrected chi connectivity index (χ2v) is 10.7. The van der Waals surface area contributed by atoms with Crippen LogP contribution in [0.15, 0.2) is 53.6 Å². The minimum Gasteiger partial charge on any atom is -0.497 e. The molecule has 0 spiro atoms. The van der Waals surface area contributed by atoms with E-state index in [1.807, 2.05) is 24.3 Å². The van der Waals surface area contributed by atoms with E-state index in [0.717, 1.165) is 24.8 Å². The Morgan fingerprint density at radius 3 is 2.06 bits per heavy atom. The number of fused-ring (bicyclic) bond motifs is 1. The normalized spacial score (nSPS) is 16.4. The molecule has 0 bridgehead atoms. The lowest BCUT2D eigenvalue weighted by Gasteiger charge is -2.29. The Morgan fingerprint density at radius 2 is 1.46 bits per heavy atom. The zero-order chi connectivity index (χ0) is 24.7. The van der Waals surface area contributed by atoms with Crippen LogP contribution in [0.3, 0.4) is 0 Å². The van der Waals surface area contributed by atoms with Crippen LogP contribution >= 0.6 is 0 Å². The van der Waals surface area contributed by atoms with Gasteiger partial charge in [-0.1, -0.05) is 0 Å². The molecule has 1 saturated heterocycles. The van der Waals surface area contributed by atoms with E-state index in [1.165, 1.54) is 4.68 Å². The summed E-state index contributed by atoms with van der Waals surface area (Å²) in [5.74, 6) is 0.420. The van der Waals surface area contributed by atoms with Gasteiger partial charge in [-0.15, -0.1) is 0 Å². The molecule has 3 heterocycles. The van der Waals surface area contributed by atoms with Gasteiger partial charge in [-0.2, -0.15) is 5.10 Å². The minimum absolute atomic E-state index is 0.0738. The van der Waals surface area contributed by atoms with Crippen molar-refractivity contribution in [1.29, 1.82) is 0 Å². The second kappa shape index (κ2) is 8.84. The Balaban J connectivity index is 1.52. The molecule has 0 radical (unpaired) electrons. The highest BCUT2D eigenvalue weighted by molar-refractivity contribution is 7.90. The Labute approximate surface area is 203 Å². The predicted octanol–water partition coefficient (Wildman–Crippen LogP) is 3.00. The molecule has 9 nitrogen and oxygen atoms in total. The number of methoxy groups -OCH3 is 1. The van der Waals surface area contributed by atoms with Crippen LogP contribution in [0, 0.1) is 0 Å². The fourth-order valence-electron chi connectivity index (χ4n) is 4.67. The topological polar surface area (TPSA) is 102 Å². The fourth-order valence-corrected chi connectivity index (χ4v) is 5.55. The van der Waals surface area contributed by atoms with Gasteiger partial charge in [-0.05, 0) is 67.8 Å². The first-order valence-corrected chi connectivity index (χ1v) is 13.4. The number of ether oxygens (including phenoxy) is 1. The highest BCUT2D eigenvalue weighted by Gasteiger charge is 2.36. The summed E-state index contributed by atoms with van der Waals surface area (Å²) in [6, 6.07) is 14.3. The molecule has 0 unspecified atom stereocenters. The fraction of sp³-hybridized carbons (Fsp3) is 0.320. The smallest absolute Gasteiger partial charge is 0.277 e. The maximum atomic E-state index is 13.7. The van der Waals surface area contributed by atoms with Crippen LogP contribution in [-0.4, -0.2) is 56.5 Å². The van der Waals surface area contributed by atoms with Crippen molar-refractivity contribution in [3.05, 3.63) is 59.8 Å². The van der Waals surface area contributed by atoms with E-state index in [2.05, 4.69) is 5.10 Å². The van der Waals surface area contributed by atoms with Crippen molar-refractivity contribution in [2.24, 2.45) is 0 Å². The number of hydrogen-bond donors (Lipinski definition) is 0. The molecule has 2 amide bonds. The van der Waals surface area contributed by atoms with Crippen molar-refractivity contribution in [2.45, 2.75) is 30.7 Å². The van der Waals surface area contributed by atoms with E-state index >= 15 is 0 Å². The molecule has 0 aliphatic carbocycles. The number of piperidine rings is 1. The number of aromatic nitrogens is 2. The van der Waals surface area contributed by atoms with Gasteiger partial charge in [0.05, 0.1) is 12.8 Å². The lowest BCUT2D eigenvalue weighted by molar-refractivity contribution is -0.119. The number of carbonyl (C=O) groups is 2. The summed E-state index contributed by atoms with van der Waals surface area (Å²) < 4.78 is 31.6. The summed E-state index contributed by atoms with van der Waals surface area (Å²) in [6.45, 7) is 1.02. The lowest BCUT2D eigenvalue weighted by atomic mass is 10.1. The number of carbonyl (C=O) groups excluding carboxylic acids is 2. The molecule has 35 heavy (non-hydrogen) atoms. The molecule has 0 atom stereocenters. The summed E-state index contributed by atoms with van der Waals surface area (Å²) in [5.41, 5.74) is 2.71. The zero-order valence-electron chi connectivity index (χ0n) is 19.6. The Hall–Kier alpha value is -3.66. The van der Waals surface area contributed by atoms with Gasteiger partial charge in [-0.3, -0.25) is 9.59 Å². The molecule has 0 N–H and O–H groups in total. The molecular formula is C25H26N4O5S. The van der Waals surface area contributed by atoms with E-state index in [-0.39, 0.29) is 22.5 Å². The Bertz CT molecular complexity index is 1390. The third kappa shape index (κ3) is 4.18. The third-order valence-electron chi connectivity index (χ3n) is 6.44. The first-order chi connectivity index (χ1) is 16.8. The number of benzene rings is 2. The maximum Gasteiger partial charge on any atom is 0.277 e. The van der Waals surface area contributed by atoms with Crippen LogP contribution in [0.1, 0.15) is 35.3 Å². The SMILES string of the molecule is COc1ccc(-n2nc(S(C)(=O)=O)c3c2C(=O)N(c2ccc(N4CCCCC4=O)cc2)CC3)cc1. The number of hydrogen-bond acceptors (Lipinski definition) is 6. The predicted molar refractivity (Wildman–Crippen MR) is 131 cm³/mol. The van der Waals surface area contributed by atoms with Crippen molar-refractivity contribution in [3.8, 4) is 11.4 Å². The van der Waals surface area contributed by atoms with Crippen molar-refractivity contribution in [2.75, 3.05) is 36.3 Å². The average molecular weight is 495 g/mol. The van der Waals surface area contributed by atoms with E-state index in [1.54, 1.807) is 41.2 Å². The number of nitrogens with zero attached hydrogens (tertiary/aromatic N) is 4. The van der Waals surface area contributed by atoms with Gasteiger partial charge in [0, 0.05) is 42.7 Å². The molecule has 5 rings (SSSR count). The summed E-state index contributed by atoms with van der Waals surface area (Å²) >= 11 is 0. The van der Waals surface area contributed by atoms with E-state index < -0.39 is 9.84 Å². The van der Waals surface area contributed by atoms with E-state index in [4.69, 9.17) is 4.74 Å². The van der Waals surface area contributed by atoms with Gasteiger partial charge in [0.2, 0.25) is 5.91 Å². The molecule has 1 aromatic heterocycles. The van der Waals surface area contributed by atoms with E-state index in [0.29, 0.717) is 48.6 Å². The van der Waals surface area contributed by atoms with Gasteiger partial charge < -0.3 is 14.5 Å². The third-order valence-corrected chi connectivity index (χ3v) is 7.47. The number of anilines is 2. The Morgan fingerprint density at radius 1 is 0.829 bits per heavy atom. The van der Waals surface area contributed by atoms with E-state index in [9.17, 15) is 18.0 Å². The molecule has 1 fully saturated rings. The minimum atomic E-state index is -3.64. The van der Waals surface area contributed by atoms with Gasteiger partial charge >= 0.3 is 0 Å².